The molecule has 2 rings (SSSR count). The first-order valence-electron chi connectivity index (χ1n) is 6.51. The van der Waals surface area contributed by atoms with Crippen molar-refractivity contribution in [1.29, 1.82) is 0 Å². The first-order valence-corrected chi connectivity index (χ1v) is 6.51. The van der Waals surface area contributed by atoms with Crippen molar-refractivity contribution < 1.29 is 9.09 Å². The smallest absolute Gasteiger partial charge is 0.123 e. The summed E-state index contributed by atoms with van der Waals surface area (Å²) in [5.41, 5.74) is 1.32. The van der Waals surface area contributed by atoms with Gasteiger partial charge in [-0.05, 0) is 19.1 Å². The quantitative estimate of drug-likeness (QED) is 0.687. The fourth-order valence-corrected chi connectivity index (χ4v) is 0.949. The Kier molecular flexibility index (Phi) is 22.1. The molecule has 0 nitrogen and oxygen atoms in total. The Hall–Kier alpha value is -1.70. The molecule has 0 unspecified atom stereocenters. The predicted octanol–water partition coefficient (Wildman–Crippen LogP) is 2.88. The molecule has 19 heavy (non-hydrogen) atoms. The second-order valence-electron chi connectivity index (χ2n) is 2.95. The lowest BCUT2D eigenvalue weighted by molar-refractivity contribution is -0.00000467. The first-order chi connectivity index (χ1) is 8.79. The number of hydrogen-bond acceptors (Lipinski definition) is 0. The zero-order valence-corrected chi connectivity index (χ0v) is 12.5. The summed E-state index contributed by atoms with van der Waals surface area (Å²) in [7, 11) is 0. The van der Waals surface area contributed by atoms with E-state index in [0.29, 0.717) is 0 Å². The van der Waals surface area contributed by atoms with Crippen LogP contribution < -0.4 is 4.70 Å². The molecule has 0 amide bonds. The van der Waals surface area contributed by atoms with Crippen molar-refractivity contribution in [2.45, 2.75) is 34.6 Å². The number of halogens is 2. The molecule has 0 fully saturated rings. The molecule has 0 N–H and O–H groups in total. The van der Waals surface area contributed by atoms with E-state index in [-0.39, 0.29) is 10.5 Å². The lowest BCUT2D eigenvalue weighted by Crippen LogP contribution is -3.00. The molecule has 2 heteroatoms. The monoisotopic (exact) mass is 265 g/mol. The highest BCUT2D eigenvalue weighted by Crippen LogP contribution is 1.92. The van der Waals surface area contributed by atoms with Gasteiger partial charge in [0.25, 0.3) is 0 Å². The van der Waals surface area contributed by atoms with Crippen molar-refractivity contribution in [3.05, 3.63) is 72.0 Å². The molecule has 0 heterocycles. The maximum atomic E-state index is 11.9. The molecular formula is C17H25F2-. The summed E-state index contributed by atoms with van der Waals surface area (Å²) in [6.45, 7) is 10.1. The largest absolute Gasteiger partial charge is 1.00 e. The third-order valence-corrected chi connectivity index (χ3v) is 1.67. The van der Waals surface area contributed by atoms with Crippen LogP contribution in [0.3, 0.4) is 0 Å². The van der Waals surface area contributed by atoms with Gasteiger partial charge in [-0.15, -0.1) is 0 Å². The van der Waals surface area contributed by atoms with Gasteiger partial charge in [0.15, 0.2) is 0 Å². The van der Waals surface area contributed by atoms with Crippen molar-refractivity contribution in [2.24, 2.45) is 0 Å². The highest BCUT2D eigenvalue weighted by atomic mass is 18.2. The summed E-state index contributed by atoms with van der Waals surface area (Å²) < 4.78 is 11.9. The molecule has 0 radical (unpaired) electrons. The number of hydrogen-bond donors (Lipinski definition) is 0. The van der Waals surface area contributed by atoms with Gasteiger partial charge in [-0.2, -0.15) is 0 Å². The molecule has 0 bridgehead atoms. The molecule has 0 saturated carbocycles. The van der Waals surface area contributed by atoms with Crippen LogP contribution in [0.4, 0.5) is 4.39 Å². The second kappa shape index (κ2) is 18.7. The summed E-state index contributed by atoms with van der Waals surface area (Å²) in [4.78, 5) is 0. The Morgan fingerprint density at radius 3 is 1.11 bits per heavy atom. The van der Waals surface area contributed by atoms with E-state index in [4.69, 9.17) is 0 Å². The lowest BCUT2D eigenvalue weighted by atomic mass is 10.2. The van der Waals surface area contributed by atoms with Crippen LogP contribution in [0.5, 0.6) is 0 Å². The number of rotatable bonds is 0. The standard InChI is InChI=1S/C7H8.C6H5F.2C2H6.FH/c1-7-5-3-2-4-6-7;7-6-4-2-1-3-5-6;2*1-2;/h2-6H,1H3;1-5H;2*1-2H3;1H/p-1/i;7-1;;;1-1. The van der Waals surface area contributed by atoms with Crippen LogP contribution in [0.15, 0.2) is 60.7 Å². The number of aryl methyl sites for hydroxylation is 1. The van der Waals surface area contributed by atoms with E-state index in [1.807, 2.05) is 45.9 Å². The minimum Gasteiger partial charge on any atom is -1.00 e. The Morgan fingerprint density at radius 2 is 0.947 bits per heavy atom. The van der Waals surface area contributed by atoms with Gasteiger partial charge in [-0.25, -0.2) is 4.39 Å². The molecule has 0 saturated heterocycles. The molecule has 0 aliphatic carbocycles. The lowest BCUT2D eigenvalue weighted by Gasteiger charge is -1.82. The van der Waals surface area contributed by atoms with Crippen molar-refractivity contribution in [3.8, 4) is 0 Å². The maximum Gasteiger partial charge on any atom is 0.123 e. The van der Waals surface area contributed by atoms with Gasteiger partial charge in [0.2, 0.25) is 0 Å². The van der Waals surface area contributed by atoms with Crippen LogP contribution in [-0.4, -0.2) is 0 Å². The molecule has 0 aliphatic heterocycles. The van der Waals surface area contributed by atoms with E-state index in [9.17, 15) is 4.39 Å². The Bertz CT molecular complexity index is 307. The zero-order valence-electron chi connectivity index (χ0n) is 12.5. The maximum absolute atomic E-state index is 11.9. The molecule has 0 aliphatic rings. The van der Waals surface area contributed by atoms with Gasteiger partial charge >= 0.3 is 0 Å². The number of benzene rings is 2. The van der Waals surface area contributed by atoms with Crippen molar-refractivity contribution in [2.75, 3.05) is 0 Å². The summed E-state index contributed by atoms with van der Waals surface area (Å²) in [6, 6.07) is 18.2. The fraction of sp³-hybridized carbons (Fsp3) is 0.294. The van der Waals surface area contributed by atoms with Crippen LogP contribution in [-0.2, 0) is 0 Å². The first kappa shape index (κ1) is 22.5. The normalized spacial score (nSPS) is 7.05. The van der Waals surface area contributed by atoms with E-state index in [0.717, 1.165) is 0 Å². The second-order valence-corrected chi connectivity index (χ2v) is 2.95. The summed E-state index contributed by atoms with van der Waals surface area (Å²) >= 11 is 0. The third kappa shape index (κ3) is 16.3. The Balaban J connectivity index is -0.000000205. The SMILES string of the molecule is CC.CC.Cc1ccccc1.[18F-].[18F]c1ccccc1. The molecule has 0 aromatic heterocycles. The van der Waals surface area contributed by atoms with Crippen molar-refractivity contribution in [1.82, 2.24) is 0 Å². The molecule has 2 aromatic rings. The van der Waals surface area contributed by atoms with Crippen LogP contribution >= 0.6 is 0 Å². The van der Waals surface area contributed by atoms with Crippen LogP contribution in [0.2, 0.25) is 0 Å². The van der Waals surface area contributed by atoms with Gasteiger partial charge in [0.1, 0.15) is 5.82 Å². The van der Waals surface area contributed by atoms with E-state index in [1.165, 1.54) is 17.7 Å². The summed E-state index contributed by atoms with van der Waals surface area (Å²) in [5, 5.41) is 0. The van der Waals surface area contributed by atoms with Crippen molar-refractivity contribution >= 4 is 0 Å². The topological polar surface area (TPSA) is 0 Å². The predicted molar refractivity (Wildman–Crippen MR) is 80.3 cm³/mol. The van der Waals surface area contributed by atoms with Crippen molar-refractivity contribution in [3.63, 3.8) is 0 Å². The van der Waals surface area contributed by atoms with Crippen LogP contribution in [0.25, 0.3) is 0 Å². The van der Waals surface area contributed by atoms with Gasteiger partial charge in [0, 0.05) is 0 Å². The van der Waals surface area contributed by atoms with Crippen LogP contribution in [0.1, 0.15) is 33.3 Å². The van der Waals surface area contributed by atoms with E-state index >= 15 is 0 Å². The highest BCUT2D eigenvalue weighted by molar-refractivity contribution is 5.11. The average Bonchev–Trinajstić information content (AvgIpc) is 2.46. The minimum atomic E-state index is -0.178. The van der Waals surface area contributed by atoms with Gasteiger partial charge in [-0.3, -0.25) is 0 Å². The Labute approximate surface area is 116 Å². The molecule has 0 spiro atoms. The third-order valence-electron chi connectivity index (χ3n) is 1.67. The van der Waals surface area contributed by atoms with Gasteiger partial charge in [-0.1, -0.05) is 81.8 Å². The van der Waals surface area contributed by atoms with Crippen LogP contribution in [0, 0.1) is 12.7 Å². The van der Waals surface area contributed by atoms with E-state index in [1.54, 1.807) is 18.2 Å². The van der Waals surface area contributed by atoms with Gasteiger partial charge < -0.3 is 4.70 Å². The van der Waals surface area contributed by atoms with E-state index < -0.39 is 0 Å². The fourth-order valence-electron chi connectivity index (χ4n) is 0.949. The summed E-state index contributed by atoms with van der Waals surface area (Å²) in [6.07, 6.45) is 0. The minimum absolute atomic E-state index is 0. The average molecular weight is 265 g/mol. The van der Waals surface area contributed by atoms with Gasteiger partial charge in [0.05, 0.1) is 0 Å². The van der Waals surface area contributed by atoms with E-state index in [2.05, 4.69) is 19.1 Å². The Morgan fingerprint density at radius 1 is 0.632 bits per heavy atom. The molecule has 2 aromatic carbocycles. The summed E-state index contributed by atoms with van der Waals surface area (Å²) in [5.74, 6) is -0.178. The molecular weight excluding hydrogens is 240 g/mol. The highest BCUT2D eigenvalue weighted by Gasteiger charge is 1.77. The molecule has 108 valence electrons. The molecule has 0 atom stereocenters. The zero-order chi connectivity index (χ0) is 14.2.